The monoisotopic (exact) mass is 560 g/mol. The minimum absolute atomic E-state index is 0.0747. The number of nitrogens with two attached hydrogens (primary N) is 1. The highest BCUT2D eigenvalue weighted by molar-refractivity contribution is 6.04. The Balaban J connectivity index is 1.35. The number of anilines is 1. The number of nitrogens with zero attached hydrogens (tertiary/aromatic N) is 2. The van der Waals surface area contributed by atoms with Crippen LogP contribution in [0, 0.1) is 11.6 Å². The summed E-state index contributed by atoms with van der Waals surface area (Å²) in [5, 5.41) is 2.80. The molecule has 1 aliphatic rings. The van der Waals surface area contributed by atoms with E-state index >= 15 is 0 Å². The Hall–Kier alpha value is -4.21. The molecule has 0 aliphatic carbocycles. The van der Waals surface area contributed by atoms with Crippen LogP contribution in [0.15, 0.2) is 78.9 Å². The number of nitrogens with one attached hydrogen (secondary N) is 1. The molecule has 1 unspecified atom stereocenters. The Kier molecular flexibility index (Phi) is 10.1. The van der Waals surface area contributed by atoms with E-state index in [1.807, 2.05) is 15.9 Å². The standard InChI is InChI=1S/C32H34F2N4O3/c1-22(39)27-6-2-3-8-29(27)36-31(40)21-37-18-19-38(30(20-37)32(35)41)17-5-4-7-28(23-9-13-25(33)14-10-23)24-11-15-26(34)16-12-24/h2-3,6-16,30H,4-5,17-21H2,1H3,(H2,35,41)(H,36,40). The van der Waals surface area contributed by atoms with Gasteiger partial charge in [0.1, 0.15) is 17.7 Å². The van der Waals surface area contributed by atoms with Crippen LogP contribution in [-0.4, -0.2) is 66.2 Å². The van der Waals surface area contributed by atoms with Crippen molar-refractivity contribution in [2.75, 3.05) is 38.0 Å². The molecule has 7 nitrogen and oxygen atoms in total. The molecule has 9 heteroatoms. The van der Waals surface area contributed by atoms with Gasteiger partial charge in [0.05, 0.1) is 12.2 Å². The van der Waals surface area contributed by atoms with E-state index in [4.69, 9.17) is 5.73 Å². The van der Waals surface area contributed by atoms with Crippen molar-refractivity contribution in [2.24, 2.45) is 5.73 Å². The number of halogens is 2. The summed E-state index contributed by atoms with van der Waals surface area (Å²) in [6.45, 7) is 3.62. The third-order valence-electron chi connectivity index (χ3n) is 7.16. The highest BCUT2D eigenvalue weighted by Crippen LogP contribution is 2.25. The second kappa shape index (κ2) is 13.9. The number of para-hydroxylation sites is 1. The summed E-state index contributed by atoms with van der Waals surface area (Å²) in [4.78, 5) is 40.8. The third-order valence-corrected chi connectivity index (χ3v) is 7.16. The van der Waals surface area contributed by atoms with E-state index in [0.717, 1.165) is 23.1 Å². The molecule has 4 rings (SSSR count). The Labute approximate surface area is 238 Å². The average Bonchev–Trinajstić information content (AvgIpc) is 2.95. The lowest BCUT2D eigenvalue weighted by atomic mass is 9.96. The largest absolute Gasteiger partial charge is 0.368 e. The first-order valence-electron chi connectivity index (χ1n) is 13.6. The number of allylic oxidation sites excluding steroid dienone is 1. The van der Waals surface area contributed by atoms with E-state index in [1.165, 1.54) is 31.2 Å². The number of ketones is 1. The molecule has 0 bridgehead atoms. The third kappa shape index (κ3) is 8.15. The molecule has 1 heterocycles. The lowest BCUT2D eigenvalue weighted by molar-refractivity contribution is -0.127. The smallest absolute Gasteiger partial charge is 0.238 e. The molecule has 0 radical (unpaired) electrons. The molecule has 1 aliphatic heterocycles. The van der Waals surface area contributed by atoms with Gasteiger partial charge in [0.15, 0.2) is 5.78 Å². The maximum Gasteiger partial charge on any atom is 0.238 e. The summed E-state index contributed by atoms with van der Waals surface area (Å²) < 4.78 is 27.0. The Morgan fingerprint density at radius 1 is 0.927 bits per heavy atom. The van der Waals surface area contributed by atoms with Gasteiger partial charge in [-0.3, -0.25) is 24.2 Å². The maximum atomic E-state index is 13.5. The van der Waals surface area contributed by atoms with Gasteiger partial charge in [-0.2, -0.15) is 0 Å². The molecule has 0 aromatic heterocycles. The van der Waals surface area contributed by atoms with Gasteiger partial charge in [-0.1, -0.05) is 42.5 Å². The summed E-state index contributed by atoms with van der Waals surface area (Å²) in [5.41, 5.74) is 9.16. The molecule has 2 amide bonds. The second-order valence-electron chi connectivity index (χ2n) is 10.1. The van der Waals surface area contributed by atoms with Crippen molar-refractivity contribution in [1.82, 2.24) is 9.80 Å². The number of hydrogen-bond acceptors (Lipinski definition) is 5. The lowest BCUT2D eigenvalue weighted by Crippen LogP contribution is -2.59. The van der Waals surface area contributed by atoms with Crippen molar-refractivity contribution in [3.8, 4) is 0 Å². The van der Waals surface area contributed by atoms with Gasteiger partial charge in [0.2, 0.25) is 11.8 Å². The number of benzene rings is 3. The van der Waals surface area contributed by atoms with E-state index in [1.54, 1.807) is 48.5 Å². The number of amides is 2. The van der Waals surface area contributed by atoms with Crippen LogP contribution in [0.25, 0.3) is 5.57 Å². The molecule has 41 heavy (non-hydrogen) atoms. The van der Waals surface area contributed by atoms with Crippen LogP contribution in [-0.2, 0) is 9.59 Å². The second-order valence-corrected chi connectivity index (χ2v) is 10.1. The highest BCUT2D eigenvalue weighted by Gasteiger charge is 2.31. The number of hydrogen-bond donors (Lipinski definition) is 2. The minimum Gasteiger partial charge on any atom is -0.368 e. The molecule has 3 aromatic rings. The van der Waals surface area contributed by atoms with E-state index < -0.39 is 11.9 Å². The Morgan fingerprint density at radius 3 is 2.12 bits per heavy atom. The van der Waals surface area contributed by atoms with Crippen LogP contribution >= 0.6 is 0 Å². The number of carbonyl (C=O) groups is 3. The van der Waals surface area contributed by atoms with Gasteiger partial charge in [0.25, 0.3) is 0 Å². The van der Waals surface area contributed by atoms with Crippen LogP contribution in [0.1, 0.15) is 41.3 Å². The Bertz CT molecular complexity index is 1360. The van der Waals surface area contributed by atoms with Crippen molar-refractivity contribution in [3.05, 3.63) is 107 Å². The number of carbonyl (C=O) groups excluding carboxylic acids is 3. The van der Waals surface area contributed by atoms with Crippen LogP contribution in [0.2, 0.25) is 0 Å². The van der Waals surface area contributed by atoms with Crippen molar-refractivity contribution in [1.29, 1.82) is 0 Å². The fourth-order valence-electron chi connectivity index (χ4n) is 5.05. The molecule has 0 saturated carbocycles. The number of primary amides is 1. The van der Waals surface area contributed by atoms with E-state index in [-0.39, 0.29) is 29.9 Å². The average molecular weight is 561 g/mol. The Morgan fingerprint density at radius 2 is 1.54 bits per heavy atom. The summed E-state index contributed by atoms with van der Waals surface area (Å²) in [6, 6.07) is 18.7. The molecule has 1 fully saturated rings. The van der Waals surface area contributed by atoms with Crippen molar-refractivity contribution < 1.29 is 23.2 Å². The lowest BCUT2D eigenvalue weighted by Gasteiger charge is -2.39. The quantitative estimate of drug-likeness (QED) is 0.266. The number of unbranched alkanes of at least 4 members (excludes halogenated alkanes) is 1. The molecular weight excluding hydrogens is 526 g/mol. The molecule has 3 aromatic carbocycles. The SMILES string of the molecule is CC(=O)c1ccccc1NC(=O)CN1CCN(CCCC=C(c2ccc(F)cc2)c2ccc(F)cc2)C(C(N)=O)C1. The molecule has 0 spiro atoms. The van der Waals surface area contributed by atoms with Gasteiger partial charge in [0, 0.05) is 25.2 Å². The summed E-state index contributed by atoms with van der Waals surface area (Å²) in [7, 11) is 0. The molecular formula is C32H34F2N4O3. The van der Waals surface area contributed by atoms with Gasteiger partial charge < -0.3 is 11.1 Å². The van der Waals surface area contributed by atoms with Gasteiger partial charge in [-0.05, 0) is 79.4 Å². The van der Waals surface area contributed by atoms with Crippen LogP contribution in [0.3, 0.4) is 0 Å². The zero-order chi connectivity index (χ0) is 29.4. The molecule has 1 saturated heterocycles. The minimum atomic E-state index is -0.543. The fraction of sp³-hybridized carbons (Fsp3) is 0.281. The van der Waals surface area contributed by atoms with E-state index in [0.29, 0.717) is 43.9 Å². The van der Waals surface area contributed by atoms with E-state index in [2.05, 4.69) is 5.32 Å². The van der Waals surface area contributed by atoms with E-state index in [9.17, 15) is 23.2 Å². The predicted octanol–water partition coefficient (Wildman–Crippen LogP) is 4.49. The zero-order valence-corrected chi connectivity index (χ0v) is 23.0. The normalized spacial score (nSPS) is 15.7. The van der Waals surface area contributed by atoms with Crippen LogP contribution in [0.5, 0.6) is 0 Å². The fourth-order valence-corrected chi connectivity index (χ4v) is 5.05. The van der Waals surface area contributed by atoms with Crippen LogP contribution < -0.4 is 11.1 Å². The highest BCUT2D eigenvalue weighted by atomic mass is 19.1. The van der Waals surface area contributed by atoms with Crippen LogP contribution in [0.4, 0.5) is 14.5 Å². The molecule has 1 atom stereocenters. The summed E-state index contributed by atoms with van der Waals surface area (Å²) in [6.07, 6.45) is 3.45. The van der Waals surface area contributed by atoms with Gasteiger partial charge in [-0.15, -0.1) is 0 Å². The topological polar surface area (TPSA) is 95.7 Å². The van der Waals surface area contributed by atoms with Crippen molar-refractivity contribution in [2.45, 2.75) is 25.8 Å². The number of Topliss-reactive ketones (excluding diaryl/α,β-unsaturated/α-hetero) is 1. The number of rotatable bonds is 11. The molecule has 214 valence electrons. The van der Waals surface area contributed by atoms with Gasteiger partial charge in [-0.25, -0.2) is 8.78 Å². The summed E-state index contributed by atoms with van der Waals surface area (Å²) >= 11 is 0. The van der Waals surface area contributed by atoms with Crippen molar-refractivity contribution >= 4 is 28.9 Å². The first-order chi connectivity index (χ1) is 19.7. The zero-order valence-electron chi connectivity index (χ0n) is 23.0. The molecule has 3 N–H and O–H groups in total. The van der Waals surface area contributed by atoms with Crippen molar-refractivity contribution in [3.63, 3.8) is 0 Å². The first-order valence-corrected chi connectivity index (χ1v) is 13.6. The summed E-state index contributed by atoms with van der Waals surface area (Å²) in [5.74, 6) is -1.52. The maximum absolute atomic E-state index is 13.5. The first kappa shape index (κ1) is 29.8. The number of piperazine rings is 1. The predicted molar refractivity (Wildman–Crippen MR) is 155 cm³/mol. The van der Waals surface area contributed by atoms with Gasteiger partial charge >= 0.3 is 0 Å².